The van der Waals surface area contributed by atoms with Crippen molar-refractivity contribution in [2.45, 2.75) is 19.5 Å². The number of hydrogen-bond acceptors (Lipinski definition) is 7. The number of aromatic nitrogens is 2. The van der Waals surface area contributed by atoms with E-state index in [0.717, 1.165) is 78.3 Å². The van der Waals surface area contributed by atoms with Gasteiger partial charge in [-0.3, -0.25) is 9.88 Å². The van der Waals surface area contributed by atoms with Gasteiger partial charge in [0.15, 0.2) is 0 Å². The molecule has 0 bridgehead atoms. The molecule has 4 heterocycles. The van der Waals surface area contributed by atoms with Crippen LogP contribution in [0.3, 0.4) is 0 Å². The standard InChI is InChI=1S/C26H29F2N5O2S/c1-17(30-21-9-19(27)8-20(28)10-21)22-6-18(12-32-13-26(14-32)15-36(34)16-26)7-23-25(22)31-24(11-29-23)33-2-4-35-5-3-33/h6-11,17,30H,2-5,12-16H2,1H3. The summed E-state index contributed by atoms with van der Waals surface area (Å²) in [5.74, 6) is 1.18. The summed E-state index contributed by atoms with van der Waals surface area (Å²) in [6, 6.07) is 7.38. The molecule has 7 nitrogen and oxygen atoms in total. The van der Waals surface area contributed by atoms with Gasteiger partial charge in [-0.2, -0.15) is 0 Å². The van der Waals surface area contributed by atoms with Gasteiger partial charge in [0.2, 0.25) is 0 Å². The highest BCUT2D eigenvalue weighted by atomic mass is 32.2. The Kier molecular flexibility index (Phi) is 6.23. The summed E-state index contributed by atoms with van der Waals surface area (Å²) >= 11 is -0.646. The molecule has 3 aliphatic heterocycles. The number of likely N-dealkylation sites (tertiary alicyclic amines) is 1. The number of benzene rings is 2. The third-order valence-electron chi connectivity index (χ3n) is 7.23. The van der Waals surface area contributed by atoms with Gasteiger partial charge in [-0.1, -0.05) is 17.2 Å². The van der Waals surface area contributed by atoms with Crippen LogP contribution in [0, 0.1) is 17.0 Å². The van der Waals surface area contributed by atoms with Crippen LogP contribution in [-0.2, 0) is 22.5 Å². The third kappa shape index (κ3) is 4.74. The summed E-state index contributed by atoms with van der Waals surface area (Å²) in [4.78, 5) is 14.3. The molecule has 3 aromatic rings. The Labute approximate surface area is 212 Å². The normalized spacial score (nSPS) is 20.8. The highest BCUT2D eigenvalue weighted by molar-refractivity contribution is 7.92. The minimum absolute atomic E-state index is 0.244. The van der Waals surface area contributed by atoms with E-state index in [4.69, 9.17) is 14.7 Å². The summed E-state index contributed by atoms with van der Waals surface area (Å²) in [6.45, 7) is 7.47. The van der Waals surface area contributed by atoms with Crippen molar-refractivity contribution in [3.05, 3.63) is 59.3 Å². The summed E-state index contributed by atoms with van der Waals surface area (Å²) in [5.41, 5.74) is 4.22. The van der Waals surface area contributed by atoms with Gasteiger partial charge in [0.25, 0.3) is 0 Å². The van der Waals surface area contributed by atoms with Gasteiger partial charge in [-0.15, -0.1) is 0 Å². The molecule has 0 saturated carbocycles. The minimum atomic E-state index is -0.646. The van der Waals surface area contributed by atoms with Gasteiger partial charge >= 0.3 is 0 Å². The van der Waals surface area contributed by atoms with E-state index < -0.39 is 22.8 Å². The minimum Gasteiger partial charge on any atom is -0.616 e. The Balaban J connectivity index is 1.31. The van der Waals surface area contributed by atoms with Crippen LogP contribution in [0.1, 0.15) is 24.1 Å². The summed E-state index contributed by atoms with van der Waals surface area (Å²) in [7, 11) is 0. The maximum Gasteiger partial charge on any atom is 0.148 e. The van der Waals surface area contributed by atoms with E-state index >= 15 is 0 Å². The van der Waals surface area contributed by atoms with Gasteiger partial charge in [0.05, 0.1) is 41.9 Å². The van der Waals surface area contributed by atoms with Gasteiger partial charge in [-0.25, -0.2) is 13.8 Å². The quantitative estimate of drug-likeness (QED) is 0.506. The van der Waals surface area contributed by atoms with Gasteiger partial charge in [-0.05, 0) is 30.7 Å². The summed E-state index contributed by atoms with van der Waals surface area (Å²) < 4.78 is 44.7. The first kappa shape index (κ1) is 23.8. The molecule has 0 radical (unpaired) electrons. The number of morpholine rings is 1. The van der Waals surface area contributed by atoms with E-state index in [2.05, 4.69) is 27.2 Å². The molecule has 3 fully saturated rings. The Morgan fingerprint density at radius 1 is 1.11 bits per heavy atom. The van der Waals surface area contributed by atoms with Crippen LogP contribution in [-0.4, -0.2) is 70.3 Å². The number of hydrogen-bond donors (Lipinski definition) is 1. The van der Waals surface area contributed by atoms with Gasteiger partial charge in [0.1, 0.15) is 29.0 Å². The molecule has 1 aromatic heterocycles. The average Bonchev–Trinajstić information content (AvgIpc) is 2.81. The molecular weight excluding hydrogens is 484 g/mol. The van der Waals surface area contributed by atoms with Crippen molar-refractivity contribution in [2.75, 3.05) is 61.1 Å². The molecule has 1 unspecified atom stereocenters. The van der Waals surface area contributed by atoms with E-state index in [9.17, 15) is 13.3 Å². The highest BCUT2D eigenvalue weighted by Crippen LogP contribution is 2.42. The Morgan fingerprint density at radius 3 is 2.53 bits per heavy atom. The van der Waals surface area contributed by atoms with Crippen LogP contribution < -0.4 is 10.2 Å². The molecule has 10 heteroatoms. The fourth-order valence-electron chi connectivity index (χ4n) is 5.62. The van der Waals surface area contributed by atoms with Crippen molar-refractivity contribution in [1.29, 1.82) is 0 Å². The van der Waals surface area contributed by atoms with Gasteiger partial charge in [0, 0.05) is 50.0 Å². The molecule has 190 valence electrons. The average molecular weight is 514 g/mol. The first-order valence-corrected chi connectivity index (χ1v) is 13.8. The largest absolute Gasteiger partial charge is 0.616 e. The molecule has 1 atom stereocenters. The van der Waals surface area contributed by atoms with E-state index in [1.807, 2.05) is 13.1 Å². The molecular formula is C26H29F2N5O2S. The predicted molar refractivity (Wildman–Crippen MR) is 137 cm³/mol. The molecule has 36 heavy (non-hydrogen) atoms. The first-order chi connectivity index (χ1) is 17.4. The van der Waals surface area contributed by atoms with Crippen molar-refractivity contribution in [3.8, 4) is 0 Å². The fraction of sp³-hybridized carbons (Fsp3) is 0.462. The smallest absolute Gasteiger partial charge is 0.148 e. The van der Waals surface area contributed by atoms with Gasteiger partial charge < -0.3 is 19.5 Å². The molecule has 0 amide bonds. The maximum absolute atomic E-state index is 13.8. The number of rotatable bonds is 6. The first-order valence-electron chi connectivity index (χ1n) is 12.3. The lowest BCUT2D eigenvalue weighted by Crippen LogP contribution is -2.67. The SMILES string of the molecule is CC(Nc1cc(F)cc(F)c1)c1cc(CN2CC3(C2)C[S+]([O-])C3)cc2ncc(N3CCOCC3)nc12. The van der Waals surface area contributed by atoms with Crippen LogP contribution in [0.15, 0.2) is 36.5 Å². The zero-order valence-corrected chi connectivity index (χ0v) is 21.0. The Morgan fingerprint density at radius 2 is 1.83 bits per heavy atom. The topological polar surface area (TPSA) is 76.6 Å². The van der Waals surface area contributed by atoms with E-state index in [1.54, 1.807) is 0 Å². The molecule has 6 rings (SSSR count). The van der Waals surface area contributed by atoms with Crippen molar-refractivity contribution in [2.24, 2.45) is 5.41 Å². The maximum atomic E-state index is 13.8. The zero-order valence-electron chi connectivity index (χ0n) is 20.2. The number of nitrogens with zero attached hydrogens (tertiary/aromatic N) is 4. The molecule has 3 aliphatic rings. The van der Waals surface area contributed by atoms with E-state index in [0.29, 0.717) is 18.9 Å². The number of ether oxygens (including phenoxy) is 1. The van der Waals surface area contributed by atoms with Crippen molar-refractivity contribution < 1.29 is 18.1 Å². The van der Waals surface area contributed by atoms with E-state index in [1.165, 1.54) is 12.1 Å². The molecule has 1 spiro atoms. The fourth-order valence-corrected chi connectivity index (χ4v) is 7.27. The highest BCUT2D eigenvalue weighted by Gasteiger charge is 2.56. The predicted octanol–water partition coefficient (Wildman–Crippen LogP) is 3.48. The molecule has 3 saturated heterocycles. The number of anilines is 2. The van der Waals surface area contributed by atoms with E-state index in [-0.39, 0.29) is 11.5 Å². The second-order valence-corrected chi connectivity index (χ2v) is 11.7. The lowest BCUT2D eigenvalue weighted by molar-refractivity contribution is 0.0180. The van der Waals surface area contributed by atoms with Crippen LogP contribution in [0.4, 0.5) is 20.3 Å². The lowest BCUT2D eigenvalue weighted by Gasteiger charge is -2.54. The molecule has 2 aromatic carbocycles. The van der Waals surface area contributed by atoms with Crippen molar-refractivity contribution in [3.63, 3.8) is 0 Å². The molecule has 0 aliphatic carbocycles. The summed E-state index contributed by atoms with van der Waals surface area (Å²) in [5, 5.41) is 3.25. The Bertz CT molecular complexity index is 1250. The van der Waals surface area contributed by atoms with Crippen molar-refractivity contribution >= 4 is 33.7 Å². The van der Waals surface area contributed by atoms with Crippen LogP contribution in [0.25, 0.3) is 11.0 Å². The summed E-state index contributed by atoms with van der Waals surface area (Å²) in [6.07, 6.45) is 1.81. The monoisotopic (exact) mass is 513 g/mol. The van der Waals surface area contributed by atoms with Crippen molar-refractivity contribution in [1.82, 2.24) is 14.9 Å². The number of nitrogens with one attached hydrogen (secondary N) is 1. The van der Waals surface area contributed by atoms with Crippen LogP contribution in [0.5, 0.6) is 0 Å². The number of fused-ring (bicyclic) bond motifs is 1. The lowest BCUT2D eigenvalue weighted by atomic mass is 9.82. The molecule has 1 N–H and O–H groups in total. The van der Waals surface area contributed by atoms with Crippen LogP contribution >= 0.6 is 0 Å². The Hall–Kier alpha value is -2.53. The second-order valence-electron chi connectivity index (χ2n) is 10.3. The second kappa shape index (κ2) is 9.41. The zero-order chi connectivity index (χ0) is 24.9. The number of halogens is 2. The third-order valence-corrected chi connectivity index (χ3v) is 9.10. The van der Waals surface area contributed by atoms with Crippen LogP contribution in [0.2, 0.25) is 0 Å².